The van der Waals surface area contributed by atoms with Crippen LogP contribution in [-0.4, -0.2) is 56.6 Å². The number of rotatable bonds is 9. The Morgan fingerprint density at radius 1 is 1.29 bits per heavy atom. The Balaban J connectivity index is 0.00000190. The van der Waals surface area contributed by atoms with Gasteiger partial charge in [0.2, 0.25) is 5.91 Å². The molecule has 6 nitrogen and oxygen atoms in total. The highest BCUT2D eigenvalue weighted by molar-refractivity contribution is 5.77. The molecule has 1 atom stereocenters. The lowest BCUT2D eigenvalue weighted by Crippen LogP contribution is -2.34. The molecule has 1 amide bonds. The Morgan fingerprint density at radius 3 is 2.54 bits per heavy atom. The van der Waals surface area contributed by atoms with Gasteiger partial charge in [-0.1, -0.05) is 32.0 Å². The van der Waals surface area contributed by atoms with Crippen LogP contribution in [-0.2, 0) is 16.1 Å². The normalized spacial score (nSPS) is 15.3. The second-order valence-electron chi connectivity index (χ2n) is 6.93. The lowest BCUT2D eigenvalue weighted by atomic mass is 9.88. The average Bonchev–Trinajstić information content (AvgIpc) is 2.76. The van der Waals surface area contributed by atoms with Crippen LogP contribution in [0.2, 0.25) is 0 Å². The summed E-state index contributed by atoms with van der Waals surface area (Å²) >= 11 is 0. The third kappa shape index (κ3) is 7.17. The van der Waals surface area contributed by atoms with Crippen molar-refractivity contribution < 1.29 is 14.4 Å². The standard InChI is InChI=1S/C20H29N3O3.C2H6/c1-21-20(26)6-5-19(14-25)23(2)12-18-11-16(3-4-17(18)13-24)15-7-9-22-10-8-15;1-2/h3-4,11,13-15,19,22H,5-10,12H2,1-2H3,(H,21,26);1-2H3. The summed E-state index contributed by atoms with van der Waals surface area (Å²) in [6, 6.07) is 5.69. The lowest BCUT2D eigenvalue weighted by molar-refractivity contribution is -0.121. The van der Waals surface area contributed by atoms with Crippen molar-refractivity contribution in [2.75, 3.05) is 27.2 Å². The second-order valence-corrected chi connectivity index (χ2v) is 6.93. The molecule has 28 heavy (non-hydrogen) atoms. The predicted octanol–water partition coefficient (Wildman–Crippen LogP) is 2.52. The first-order valence-electron chi connectivity index (χ1n) is 10.2. The first kappa shape index (κ1) is 24.0. The van der Waals surface area contributed by atoms with Crippen LogP contribution in [0.5, 0.6) is 0 Å². The topological polar surface area (TPSA) is 78.5 Å². The van der Waals surface area contributed by atoms with Gasteiger partial charge in [0.05, 0.1) is 6.04 Å². The number of carbonyl (C=O) groups excluding carboxylic acids is 3. The number of likely N-dealkylation sites (N-methyl/N-ethyl adjacent to an activating group) is 1. The quantitative estimate of drug-likeness (QED) is 0.635. The van der Waals surface area contributed by atoms with Crippen LogP contribution in [0.1, 0.15) is 66.9 Å². The first-order valence-corrected chi connectivity index (χ1v) is 10.2. The van der Waals surface area contributed by atoms with Crippen LogP contribution >= 0.6 is 0 Å². The van der Waals surface area contributed by atoms with E-state index in [1.54, 1.807) is 7.05 Å². The number of piperidine rings is 1. The van der Waals surface area contributed by atoms with Crippen molar-refractivity contribution in [2.45, 2.75) is 58.0 Å². The molecule has 0 aliphatic carbocycles. The van der Waals surface area contributed by atoms with E-state index in [1.165, 1.54) is 5.56 Å². The summed E-state index contributed by atoms with van der Waals surface area (Å²) in [6.07, 6.45) is 4.71. The summed E-state index contributed by atoms with van der Waals surface area (Å²) < 4.78 is 0. The highest BCUT2D eigenvalue weighted by atomic mass is 16.1. The Bertz CT molecular complexity index is 627. The molecule has 1 aromatic carbocycles. The molecular formula is C22H35N3O3. The molecule has 0 aromatic heterocycles. The van der Waals surface area contributed by atoms with Crippen LogP contribution in [0.15, 0.2) is 18.2 Å². The zero-order valence-corrected chi connectivity index (χ0v) is 17.7. The first-order chi connectivity index (χ1) is 13.6. The number of nitrogens with one attached hydrogen (secondary N) is 2. The van der Waals surface area contributed by atoms with Gasteiger partial charge in [0.1, 0.15) is 12.6 Å². The van der Waals surface area contributed by atoms with E-state index in [4.69, 9.17) is 0 Å². The molecule has 6 heteroatoms. The fourth-order valence-electron chi connectivity index (χ4n) is 3.47. The van der Waals surface area contributed by atoms with E-state index in [-0.39, 0.29) is 11.9 Å². The zero-order valence-electron chi connectivity index (χ0n) is 17.7. The summed E-state index contributed by atoms with van der Waals surface area (Å²) in [5.41, 5.74) is 2.85. The van der Waals surface area contributed by atoms with E-state index >= 15 is 0 Å². The van der Waals surface area contributed by atoms with Gasteiger partial charge in [-0.15, -0.1) is 0 Å². The van der Waals surface area contributed by atoms with Gasteiger partial charge >= 0.3 is 0 Å². The van der Waals surface area contributed by atoms with E-state index < -0.39 is 0 Å². The fraction of sp³-hybridized carbons (Fsp3) is 0.591. The van der Waals surface area contributed by atoms with Crippen molar-refractivity contribution in [2.24, 2.45) is 0 Å². The Labute approximate surface area is 169 Å². The van der Waals surface area contributed by atoms with Crippen LogP contribution in [0.4, 0.5) is 0 Å². The molecule has 0 radical (unpaired) electrons. The van der Waals surface area contributed by atoms with Gasteiger partial charge in [-0.25, -0.2) is 0 Å². The van der Waals surface area contributed by atoms with E-state index in [1.807, 2.05) is 37.9 Å². The molecule has 1 aliphatic rings. The minimum Gasteiger partial charge on any atom is -0.359 e. The summed E-state index contributed by atoms with van der Waals surface area (Å²) in [4.78, 5) is 36.2. The Hall–Kier alpha value is -2.05. The summed E-state index contributed by atoms with van der Waals surface area (Å²) in [5.74, 6) is 0.433. The number of hydrogen-bond acceptors (Lipinski definition) is 5. The highest BCUT2D eigenvalue weighted by Gasteiger charge is 2.19. The number of nitrogens with zero attached hydrogens (tertiary/aromatic N) is 1. The summed E-state index contributed by atoms with van der Waals surface area (Å²) in [5, 5.41) is 5.94. The predicted molar refractivity (Wildman–Crippen MR) is 113 cm³/mol. The maximum atomic E-state index is 11.5. The molecule has 2 N–H and O–H groups in total. The van der Waals surface area contributed by atoms with Crippen molar-refractivity contribution in [1.29, 1.82) is 0 Å². The van der Waals surface area contributed by atoms with E-state index in [0.717, 1.165) is 44.1 Å². The maximum absolute atomic E-state index is 11.5. The van der Waals surface area contributed by atoms with Gasteiger partial charge in [0, 0.05) is 25.6 Å². The Kier molecular flexibility index (Phi) is 11.3. The van der Waals surface area contributed by atoms with Crippen LogP contribution in [0.3, 0.4) is 0 Å². The van der Waals surface area contributed by atoms with Gasteiger partial charge in [-0.05, 0) is 56.4 Å². The largest absolute Gasteiger partial charge is 0.359 e. The van der Waals surface area contributed by atoms with E-state index in [9.17, 15) is 14.4 Å². The van der Waals surface area contributed by atoms with Crippen LogP contribution < -0.4 is 10.6 Å². The van der Waals surface area contributed by atoms with Crippen molar-refractivity contribution in [1.82, 2.24) is 15.5 Å². The third-order valence-corrected chi connectivity index (χ3v) is 5.19. The summed E-state index contributed by atoms with van der Waals surface area (Å²) in [6.45, 7) is 6.54. The zero-order chi connectivity index (χ0) is 20.9. The molecule has 1 fully saturated rings. The molecule has 1 unspecified atom stereocenters. The number of amides is 1. The highest BCUT2D eigenvalue weighted by Crippen LogP contribution is 2.27. The Morgan fingerprint density at radius 2 is 1.96 bits per heavy atom. The minimum atomic E-state index is -0.352. The molecule has 2 rings (SSSR count). The number of carbonyl (C=O) groups is 3. The molecule has 1 aromatic rings. The van der Waals surface area contributed by atoms with Gasteiger partial charge in [0.15, 0.2) is 0 Å². The molecule has 0 bridgehead atoms. The monoisotopic (exact) mass is 389 g/mol. The van der Waals surface area contributed by atoms with Crippen molar-refractivity contribution in [3.05, 3.63) is 34.9 Å². The second kappa shape index (κ2) is 13.2. The molecule has 1 saturated heterocycles. The molecular weight excluding hydrogens is 354 g/mol. The average molecular weight is 390 g/mol. The minimum absolute atomic E-state index is 0.0771. The van der Waals surface area contributed by atoms with Gasteiger partial charge < -0.3 is 15.4 Å². The third-order valence-electron chi connectivity index (χ3n) is 5.19. The fourth-order valence-corrected chi connectivity index (χ4v) is 3.47. The van der Waals surface area contributed by atoms with Gasteiger partial charge in [-0.3, -0.25) is 14.5 Å². The van der Waals surface area contributed by atoms with Crippen molar-refractivity contribution in [3.63, 3.8) is 0 Å². The molecule has 0 saturated carbocycles. The number of aldehydes is 2. The van der Waals surface area contributed by atoms with E-state index in [0.29, 0.717) is 30.9 Å². The smallest absolute Gasteiger partial charge is 0.219 e. The van der Waals surface area contributed by atoms with Gasteiger partial charge in [-0.2, -0.15) is 0 Å². The lowest BCUT2D eigenvalue weighted by Gasteiger charge is -2.26. The maximum Gasteiger partial charge on any atom is 0.219 e. The molecule has 156 valence electrons. The molecule has 1 aliphatic heterocycles. The van der Waals surface area contributed by atoms with Crippen LogP contribution in [0, 0.1) is 0 Å². The SMILES string of the molecule is CC.CNC(=O)CCC(C=O)N(C)Cc1cc(C2CCNCC2)ccc1C=O. The van der Waals surface area contributed by atoms with E-state index in [2.05, 4.69) is 16.7 Å². The number of benzene rings is 1. The van der Waals surface area contributed by atoms with Gasteiger partial charge in [0.25, 0.3) is 0 Å². The van der Waals surface area contributed by atoms with Crippen molar-refractivity contribution in [3.8, 4) is 0 Å². The van der Waals surface area contributed by atoms with Crippen molar-refractivity contribution >= 4 is 18.5 Å². The molecule has 1 heterocycles. The number of hydrogen-bond donors (Lipinski definition) is 2. The summed E-state index contributed by atoms with van der Waals surface area (Å²) in [7, 11) is 3.44. The molecule has 0 spiro atoms. The van der Waals surface area contributed by atoms with Crippen LogP contribution in [0.25, 0.3) is 0 Å².